The first kappa shape index (κ1) is 11.0. The van der Waals surface area contributed by atoms with Gasteiger partial charge in [-0.2, -0.15) is 0 Å². The van der Waals surface area contributed by atoms with Crippen molar-refractivity contribution in [2.24, 2.45) is 0 Å². The predicted molar refractivity (Wildman–Crippen MR) is 57.5 cm³/mol. The normalized spacial score (nSPS) is 12.4. The lowest BCUT2D eigenvalue weighted by Gasteiger charge is -2.03. The van der Waals surface area contributed by atoms with Crippen LogP contribution >= 0.6 is 0 Å². The summed E-state index contributed by atoms with van der Waals surface area (Å²) >= 11 is 0. The van der Waals surface area contributed by atoms with E-state index in [9.17, 15) is 13.0 Å². The third kappa shape index (κ3) is 2.17. The molecule has 1 nitrogen and oxygen atoms in total. The molecule has 0 radical (unpaired) electrons. The van der Waals surface area contributed by atoms with Crippen molar-refractivity contribution in [3.05, 3.63) is 60.2 Å². The monoisotopic (exact) mass is 238 g/mol. The van der Waals surface area contributed by atoms with Crippen molar-refractivity contribution < 1.29 is 13.0 Å². The summed E-state index contributed by atoms with van der Waals surface area (Å²) < 4.78 is 38.0. The Morgan fingerprint density at radius 3 is 2.25 bits per heavy atom. The molecule has 0 fully saturated rings. The Morgan fingerprint density at radius 2 is 1.62 bits per heavy atom. The standard InChI is InChI=1S/C12H8F2OS/c13-9-6-7-12(11(14)8-9)16(15)10-4-2-1-3-5-10/h1-8H. The van der Waals surface area contributed by atoms with E-state index in [0.29, 0.717) is 4.90 Å². The minimum Gasteiger partial charge on any atom is -0.249 e. The van der Waals surface area contributed by atoms with Gasteiger partial charge in [-0.1, -0.05) is 18.2 Å². The fourth-order valence-electron chi connectivity index (χ4n) is 1.30. The maximum absolute atomic E-state index is 13.4. The van der Waals surface area contributed by atoms with Gasteiger partial charge in [0.05, 0.1) is 15.7 Å². The first-order valence-corrected chi connectivity index (χ1v) is 5.75. The van der Waals surface area contributed by atoms with Crippen molar-refractivity contribution in [3.63, 3.8) is 0 Å². The Kier molecular flexibility index (Phi) is 3.10. The van der Waals surface area contributed by atoms with Crippen LogP contribution in [0.25, 0.3) is 0 Å². The van der Waals surface area contributed by atoms with Crippen molar-refractivity contribution in [3.8, 4) is 0 Å². The van der Waals surface area contributed by atoms with Gasteiger partial charge in [-0.15, -0.1) is 0 Å². The minimum atomic E-state index is -1.61. The molecule has 0 N–H and O–H groups in total. The third-order valence-corrected chi connectivity index (χ3v) is 3.48. The molecule has 0 spiro atoms. The van der Waals surface area contributed by atoms with Gasteiger partial charge >= 0.3 is 0 Å². The highest BCUT2D eigenvalue weighted by atomic mass is 32.2. The van der Waals surface area contributed by atoms with E-state index in [1.807, 2.05) is 0 Å². The summed E-state index contributed by atoms with van der Waals surface area (Å²) in [4.78, 5) is 0.487. The van der Waals surface area contributed by atoms with Crippen LogP contribution in [-0.2, 0) is 10.8 Å². The average molecular weight is 238 g/mol. The van der Waals surface area contributed by atoms with Crippen molar-refractivity contribution >= 4 is 10.8 Å². The summed E-state index contributed by atoms with van der Waals surface area (Å²) in [5, 5.41) is 0. The molecule has 0 saturated heterocycles. The fourth-order valence-corrected chi connectivity index (χ4v) is 2.38. The molecule has 0 aromatic heterocycles. The molecule has 2 aromatic rings. The van der Waals surface area contributed by atoms with Crippen LogP contribution in [0, 0.1) is 11.6 Å². The van der Waals surface area contributed by atoms with Crippen LogP contribution in [0.3, 0.4) is 0 Å². The molecule has 16 heavy (non-hydrogen) atoms. The number of benzene rings is 2. The maximum atomic E-state index is 13.4. The van der Waals surface area contributed by atoms with Crippen LogP contribution in [0.1, 0.15) is 0 Å². The molecule has 0 aliphatic carbocycles. The zero-order valence-corrected chi connectivity index (χ0v) is 9.01. The van der Waals surface area contributed by atoms with Gasteiger partial charge in [0.25, 0.3) is 0 Å². The Hall–Kier alpha value is -1.55. The highest BCUT2D eigenvalue weighted by molar-refractivity contribution is 7.85. The Bertz CT molecular complexity index is 526. The lowest BCUT2D eigenvalue weighted by atomic mass is 10.3. The van der Waals surface area contributed by atoms with Gasteiger partial charge in [-0.05, 0) is 24.3 Å². The van der Waals surface area contributed by atoms with E-state index in [1.54, 1.807) is 30.3 Å². The molecule has 0 bridgehead atoms. The lowest BCUT2D eigenvalue weighted by Crippen LogP contribution is -1.96. The third-order valence-electron chi connectivity index (χ3n) is 2.05. The molecule has 2 aromatic carbocycles. The molecule has 2 rings (SSSR count). The molecule has 1 atom stereocenters. The van der Waals surface area contributed by atoms with Gasteiger partial charge in [0.1, 0.15) is 11.6 Å². The van der Waals surface area contributed by atoms with Crippen LogP contribution < -0.4 is 0 Å². The Labute approximate surface area is 94.2 Å². The molecule has 0 heterocycles. The second-order valence-electron chi connectivity index (χ2n) is 3.16. The summed E-state index contributed by atoms with van der Waals surface area (Å²) in [6.45, 7) is 0. The molecule has 4 heteroatoms. The van der Waals surface area contributed by atoms with E-state index in [2.05, 4.69) is 0 Å². The average Bonchev–Trinajstić information content (AvgIpc) is 2.29. The molecule has 0 saturated carbocycles. The van der Waals surface area contributed by atoms with Gasteiger partial charge in [-0.3, -0.25) is 0 Å². The van der Waals surface area contributed by atoms with E-state index in [1.165, 1.54) is 6.07 Å². The molecule has 0 aliphatic rings. The highest BCUT2D eigenvalue weighted by Crippen LogP contribution is 2.19. The van der Waals surface area contributed by atoms with Crippen molar-refractivity contribution in [1.29, 1.82) is 0 Å². The van der Waals surface area contributed by atoms with E-state index >= 15 is 0 Å². The van der Waals surface area contributed by atoms with Gasteiger partial charge < -0.3 is 0 Å². The number of rotatable bonds is 2. The van der Waals surface area contributed by atoms with E-state index in [0.717, 1.165) is 12.1 Å². The van der Waals surface area contributed by atoms with Crippen LogP contribution in [0.5, 0.6) is 0 Å². The van der Waals surface area contributed by atoms with Crippen molar-refractivity contribution in [1.82, 2.24) is 0 Å². The van der Waals surface area contributed by atoms with E-state index in [-0.39, 0.29) is 4.90 Å². The number of hydrogen-bond acceptors (Lipinski definition) is 1. The predicted octanol–water partition coefficient (Wildman–Crippen LogP) is 3.13. The molecular formula is C12H8F2OS. The molecule has 1 unspecified atom stereocenters. The summed E-state index contributed by atoms with van der Waals surface area (Å²) in [6, 6.07) is 11.5. The van der Waals surface area contributed by atoms with Gasteiger partial charge in [-0.25, -0.2) is 13.0 Å². The Balaban J connectivity index is 2.42. The van der Waals surface area contributed by atoms with Gasteiger partial charge in [0, 0.05) is 11.0 Å². The largest absolute Gasteiger partial charge is 0.249 e. The van der Waals surface area contributed by atoms with Crippen LogP contribution in [0.15, 0.2) is 58.3 Å². The molecule has 0 aliphatic heterocycles. The van der Waals surface area contributed by atoms with Gasteiger partial charge in [0.2, 0.25) is 0 Å². The Morgan fingerprint density at radius 1 is 0.938 bits per heavy atom. The zero-order chi connectivity index (χ0) is 11.5. The molecule has 0 amide bonds. The van der Waals surface area contributed by atoms with Gasteiger partial charge in [0.15, 0.2) is 0 Å². The SMILES string of the molecule is O=S(c1ccccc1)c1ccc(F)cc1F. The topological polar surface area (TPSA) is 17.1 Å². The quantitative estimate of drug-likeness (QED) is 0.785. The van der Waals surface area contributed by atoms with Crippen LogP contribution in [-0.4, -0.2) is 4.21 Å². The second kappa shape index (κ2) is 4.53. The lowest BCUT2D eigenvalue weighted by molar-refractivity contribution is 0.562. The van der Waals surface area contributed by atoms with E-state index < -0.39 is 22.4 Å². The highest BCUT2D eigenvalue weighted by Gasteiger charge is 2.12. The fraction of sp³-hybridized carbons (Fsp3) is 0. The van der Waals surface area contributed by atoms with Crippen molar-refractivity contribution in [2.75, 3.05) is 0 Å². The maximum Gasteiger partial charge on any atom is 0.142 e. The first-order chi connectivity index (χ1) is 7.68. The number of hydrogen-bond donors (Lipinski definition) is 0. The summed E-state index contributed by atoms with van der Waals surface area (Å²) in [5.74, 6) is -1.46. The van der Waals surface area contributed by atoms with Crippen molar-refractivity contribution in [2.45, 2.75) is 9.79 Å². The minimum absolute atomic E-state index is 0.00685. The second-order valence-corrected chi connectivity index (χ2v) is 4.61. The smallest absolute Gasteiger partial charge is 0.142 e. The molecule has 82 valence electrons. The first-order valence-electron chi connectivity index (χ1n) is 4.60. The van der Waals surface area contributed by atoms with Crippen LogP contribution in [0.4, 0.5) is 8.78 Å². The van der Waals surface area contributed by atoms with Crippen LogP contribution in [0.2, 0.25) is 0 Å². The van der Waals surface area contributed by atoms with E-state index in [4.69, 9.17) is 0 Å². The summed E-state index contributed by atoms with van der Waals surface area (Å²) in [5.41, 5.74) is 0. The zero-order valence-electron chi connectivity index (χ0n) is 8.19. The summed E-state index contributed by atoms with van der Waals surface area (Å²) in [6.07, 6.45) is 0. The number of halogens is 2. The summed E-state index contributed by atoms with van der Waals surface area (Å²) in [7, 11) is -1.61. The molecular weight excluding hydrogens is 230 g/mol.